The zero-order valence-electron chi connectivity index (χ0n) is 9.64. The Hall–Kier alpha value is -2.42. The first-order valence-corrected chi connectivity index (χ1v) is 5.54. The lowest BCUT2D eigenvalue weighted by Crippen LogP contribution is -2.07. The van der Waals surface area contributed by atoms with Gasteiger partial charge in [-0.05, 0) is 24.3 Å². The lowest BCUT2D eigenvalue weighted by atomic mass is 10.2. The van der Waals surface area contributed by atoms with E-state index in [1.165, 1.54) is 18.2 Å². The summed E-state index contributed by atoms with van der Waals surface area (Å²) in [6, 6.07) is 15.4. The quantitative estimate of drug-likeness (QED) is 0.819. The van der Waals surface area contributed by atoms with Crippen LogP contribution in [-0.4, -0.2) is 5.91 Å². The standard InChI is InChI=1S/C15H12FNO/c16-14-9-5-4-6-12(14)10-11-15(18)17-13-7-2-1-3-8-13/h1-11H,(H,17,18)/b11-10+. The molecule has 1 N–H and O–H groups in total. The molecule has 0 unspecified atom stereocenters. The third-order valence-corrected chi connectivity index (χ3v) is 2.36. The number of hydrogen-bond donors (Lipinski definition) is 1. The Morgan fingerprint density at radius 1 is 1.00 bits per heavy atom. The topological polar surface area (TPSA) is 29.1 Å². The third-order valence-electron chi connectivity index (χ3n) is 2.36. The van der Waals surface area contributed by atoms with Crippen LogP contribution in [0.1, 0.15) is 5.56 Å². The minimum atomic E-state index is -0.346. The molecule has 0 aliphatic carbocycles. The molecular weight excluding hydrogens is 229 g/mol. The van der Waals surface area contributed by atoms with E-state index < -0.39 is 0 Å². The first-order chi connectivity index (χ1) is 8.75. The van der Waals surface area contributed by atoms with Crippen LogP contribution in [0.5, 0.6) is 0 Å². The maximum absolute atomic E-state index is 13.3. The number of anilines is 1. The zero-order valence-corrected chi connectivity index (χ0v) is 9.64. The SMILES string of the molecule is O=C(/C=C/c1ccccc1F)Nc1ccccc1. The summed E-state index contributed by atoms with van der Waals surface area (Å²) in [6.45, 7) is 0. The number of para-hydroxylation sites is 1. The van der Waals surface area contributed by atoms with E-state index in [1.807, 2.05) is 18.2 Å². The highest BCUT2D eigenvalue weighted by Gasteiger charge is 1.98. The van der Waals surface area contributed by atoms with Crippen LogP contribution in [0.15, 0.2) is 60.7 Å². The zero-order chi connectivity index (χ0) is 12.8. The van der Waals surface area contributed by atoms with Gasteiger partial charge in [-0.25, -0.2) is 4.39 Å². The van der Waals surface area contributed by atoms with Crippen molar-refractivity contribution >= 4 is 17.7 Å². The molecule has 3 heteroatoms. The van der Waals surface area contributed by atoms with Gasteiger partial charge >= 0.3 is 0 Å². The van der Waals surface area contributed by atoms with Crippen molar-refractivity contribution in [1.29, 1.82) is 0 Å². The second-order valence-electron chi connectivity index (χ2n) is 3.71. The molecule has 2 aromatic carbocycles. The van der Waals surface area contributed by atoms with E-state index in [2.05, 4.69) is 5.32 Å². The Kier molecular flexibility index (Phi) is 3.86. The monoisotopic (exact) mass is 241 g/mol. The lowest BCUT2D eigenvalue weighted by molar-refractivity contribution is -0.111. The van der Waals surface area contributed by atoms with Crippen molar-refractivity contribution in [3.63, 3.8) is 0 Å². The molecule has 0 atom stereocenters. The van der Waals surface area contributed by atoms with Gasteiger partial charge in [0.1, 0.15) is 5.82 Å². The van der Waals surface area contributed by atoms with Gasteiger partial charge in [0.2, 0.25) is 5.91 Å². The van der Waals surface area contributed by atoms with Crippen molar-refractivity contribution in [2.75, 3.05) is 5.32 Å². The first kappa shape index (κ1) is 12.0. The van der Waals surface area contributed by atoms with E-state index in [4.69, 9.17) is 0 Å². The van der Waals surface area contributed by atoms with Crippen LogP contribution in [0.4, 0.5) is 10.1 Å². The highest BCUT2D eigenvalue weighted by molar-refractivity contribution is 6.01. The van der Waals surface area contributed by atoms with Crippen LogP contribution in [0.25, 0.3) is 6.08 Å². The Bertz CT molecular complexity index is 564. The van der Waals surface area contributed by atoms with Crippen LogP contribution in [0, 0.1) is 5.82 Å². The van der Waals surface area contributed by atoms with E-state index in [1.54, 1.807) is 30.3 Å². The van der Waals surface area contributed by atoms with Gasteiger partial charge in [0.15, 0.2) is 0 Å². The molecule has 1 amide bonds. The third kappa shape index (κ3) is 3.28. The number of hydrogen-bond acceptors (Lipinski definition) is 1. The Morgan fingerprint density at radius 2 is 1.67 bits per heavy atom. The average Bonchev–Trinajstić information content (AvgIpc) is 2.39. The number of amides is 1. The number of carbonyl (C=O) groups is 1. The fraction of sp³-hybridized carbons (Fsp3) is 0. The Morgan fingerprint density at radius 3 is 2.39 bits per heavy atom. The Balaban J connectivity index is 2.02. The van der Waals surface area contributed by atoms with Crippen molar-refractivity contribution in [2.45, 2.75) is 0 Å². The first-order valence-electron chi connectivity index (χ1n) is 5.54. The summed E-state index contributed by atoms with van der Waals surface area (Å²) in [4.78, 5) is 11.6. The minimum Gasteiger partial charge on any atom is -0.323 e. The van der Waals surface area contributed by atoms with Gasteiger partial charge in [0.05, 0.1) is 0 Å². The second-order valence-corrected chi connectivity index (χ2v) is 3.71. The molecular formula is C15H12FNO. The number of carbonyl (C=O) groups excluding carboxylic acids is 1. The molecule has 0 saturated carbocycles. The molecule has 0 radical (unpaired) electrons. The summed E-state index contributed by atoms with van der Waals surface area (Å²) in [5.41, 5.74) is 1.10. The smallest absolute Gasteiger partial charge is 0.248 e. The summed E-state index contributed by atoms with van der Waals surface area (Å²) in [5.74, 6) is -0.634. The molecule has 0 heterocycles. The molecule has 18 heavy (non-hydrogen) atoms. The van der Waals surface area contributed by atoms with Crippen LogP contribution in [-0.2, 0) is 4.79 Å². The van der Waals surface area contributed by atoms with Crippen molar-refractivity contribution in [3.8, 4) is 0 Å². The highest BCUT2D eigenvalue weighted by atomic mass is 19.1. The molecule has 2 rings (SSSR count). The van der Waals surface area contributed by atoms with E-state index in [9.17, 15) is 9.18 Å². The number of nitrogens with one attached hydrogen (secondary N) is 1. The maximum Gasteiger partial charge on any atom is 0.248 e. The van der Waals surface area contributed by atoms with E-state index in [0.717, 1.165) is 0 Å². The molecule has 0 aromatic heterocycles. The Labute approximate surface area is 105 Å². The van der Waals surface area contributed by atoms with Gasteiger partial charge < -0.3 is 5.32 Å². The number of halogens is 1. The van der Waals surface area contributed by atoms with E-state index in [0.29, 0.717) is 11.3 Å². The molecule has 0 spiro atoms. The normalized spacial score (nSPS) is 10.5. The largest absolute Gasteiger partial charge is 0.323 e. The fourth-order valence-electron chi connectivity index (χ4n) is 1.48. The maximum atomic E-state index is 13.3. The van der Waals surface area contributed by atoms with E-state index >= 15 is 0 Å². The molecule has 0 bridgehead atoms. The summed E-state index contributed by atoms with van der Waals surface area (Å²) in [7, 11) is 0. The van der Waals surface area contributed by atoms with Crippen LogP contribution < -0.4 is 5.32 Å². The molecule has 0 aliphatic rings. The molecule has 2 nitrogen and oxygen atoms in total. The van der Waals surface area contributed by atoms with E-state index in [-0.39, 0.29) is 11.7 Å². The number of benzene rings is 2. The van der Waals surface area contributed by atoms with Crippen molar-refractivity contribution < 1.29 is 9.18 Å². The van der Waals surface area contributed by atoms with Crippen LogP contribution in [0.3, 0.4) is 0 Å². The molecule has 0 aliphatic heterocycles. The number of rotatable bonds is 3. The molecule has 0 fully saturated rings. The summed E-state index contributed by atoms with van der Waals surface area (Å²) >= 11 is 0. The average molecular weight is 241 g/mol. The van der Waals surface area contributed by atoms with Gasteiger partial charge in [0, 0.05) is 17.3 Å². The van der Waals surface area contributed by atoms with Crippen molar-refractivity contribution in [2.24, 2.45) is 0 Å². The second kappa shape index (κ2) is 5.77. The minimum absolute atomic E-state index is 0.288. The summed E-state index contributed by atoms with van der Waals surface area (Å²) < 4.78 is 13.3. The van der Waals surface area contributed by atoms with Crippen molar-refractivity contribution in [1.82, 2.24) is 0 Å². The lowest BCUT2D eigenvalue weighted by Gasteiger charge is -2.00. The fourth-order valence-corrected chi connectivity index (χ4v) is 1.48. The van der Waals surface area contributed by atoms with Crippen LogP contribution >= 0.6 is 0 Å². The highest BCUT2D eigenvalue weighted by Crippen LogP contribution is 2.09. The van der Waals surface area contributed by atoms with Gasteiger partial charge in [-0.2, -0.15) is 0 Å². The molecule has 0 saturated heterocycles. The van der Waals surface area contributed by atoms with Gasteiger partial charge in [-0.1, -0.05) is 36.4 Å². The molecule has 2 aromatic rings. The van der Waals surface area contributed by atoms with Gasteiger partial charge in [0.25, 0.3) is 0 Å². The van der Waals surface area contributed by atoms with Crippen LogP contribution in [0.2, 0.25) is 0 Å². The predicted octanol–water partition coefficient (Wildman–Crippen LogP) is 3.48. The van der Waals surface area contributed by atoms with Crippen molar-refractivity contribution in [3.05, 3.63) is 72.1 Å². The predicted molar refractivity (Wildman–Crippen MR) is 70.5 cm³/mol. The molecule has 90 valence electrons. The summed E-state index contributed by atoms with van der Waals surface area (Å²) in [5, 5.41) is 2.68. The summed E-state index contributed by atoms with van der Waals surface area (Å²) in [6.07, 6.45) is 2.76. The van der Waals surface area contributed by atoms with Gasteiger partial charge in [-0.3, -0.25) is 4.79 Å². The van der Waals surface area contributed by atoms with Gasteiger partial charge in [-0.15, -0.1) is 0 Å².